The summed E-state index contributed by atoms with van der Waals surface area (Å²) < 4.78 is 58.9. The molecule has 69 heavy (non-hydrogen) atoms. The molecule has 13 nitrogen and oxygen atoms in total. The number of likely N-dealkylation sites (tertiary alicyclic amines) is 2. The number of pyridine rings is 1. The van der Waals surface area contributed by atoms with Crippen molar-refractivity contribution in [2.24, 2.45) is 28.4 Å². The first kappa shape index (κ1) is 46.1. The number of halogens is 5. The molecule has 1 unspecified atom stereocenters. The molecule has 3 aliphatic carbocycles. The van der Waals surface area contributed by atoms with Crippen LogP contribution in [-0.4, -0.2) is 106 Å². The Hall–Kier alpha value is -5.29. The summed E-state index contributed by atoms with van der Waals surface area (Å²) in [5.41, 5.74) is 6.07. The highest BCUT2D eigenvalue weighted by Gasteiger charge is 2.70. The van der Waals surface area contributed by atoms with Gasteiger partial charge in [0.2, 0.25) is 23.6 Å². The molecule has 366 valence electrons. The molecule has 4 saturated heterocycles. The fourth-order valence-corrected chi connectivity index (χ4v) is 14.6. The van der Waals surface area contributed by atoms with Gasteiger partial charge in [0.1, 0.15) is 17.6 Å². The molecule has 3 saturated carbocycles. The summed E-state index contributed by atoms with van der Waals surface area (Å²) in [4.78, 5) is 79.0. The van der Waals surface area contributed by atoms with Crippen LogP contribution in [0.1, 0.15) is 117 Å². The standard InChI is InChI=1S/C51H57ClF4N8O5/c1-47(2,3)19-38-50(26-59-35-18-37(51(54,55)56)58-20-33(35)50)40(32-5-4-6-34(52)41(32)53)42(43(57)66)64(38)49-14-11-48(12-15-49,13-16-49)46(69)62-23-28-21-61(22-29(28)24-62)30-7-8-31-27(17-30)25-63(45(31)68)36-9-10-39(65)60-44(36)67/h4-8,17-18,20,28-29,36,38,40,42,59H,9-16,19,21-26H2,1-3H3,(H2,57,66)(H,60,65,67)/t28-,29-,36?,38-,40-,42+,48?,49?,50-/m0/s1. The summed E-state index contributed by atoms with van der Waals surface area (Å²) in [6.45, 7) is 9.45. The third-order valence-electron chi connectivity index (χ3n) is 17.6. The monoisotopic (exact) mass is 972 g/mol. The van der Waals surface area contributed by atoms with Gasteiger partial charge in [0.15, 0.2) is 0 Å². The molecule has 18 heteroatoms. The summed E-state index contributed by atoms with van der Waals surface area (Å²) >= 11 is 6.47. The number of rotatable bonds is 7. The summed E-state index contributed by atoms with van der Waals surface area (Å²) in [6, 6.07) is 9.26. The summed E-state index contributed by atoms with van der Waals surface area (Å²) in [7, 11) is 0. The Labute approximate surface area is 402 Å². The molecule has 4 N–H and O–H groups in total. The molecule has 2 aromatic carbocycles. The van der Waals surface area contributed by atoms with Crippen molar-refractivity contribution < 1.29 is 41.5 Å². The lowest BCUT2D eigenvalue weighted by molar-refractivity contribution is -0.157. The van der Waals surface area contributed by atoms with Crippen LogP contribution in [0.15, 0.2) is 48.7 Å². The topological polar surface area (TPSA) is 161 Å². The van der Waals surface area contributed by atoms with E-state index in [9.17, 15) is 37.1 Å². The maximum absolute atomic E-state index is 16.6. The number of nitrogens with one attached hydrogen (secondary N) is 2. The Morgan fingerprint density at radius 2 is 1.64 bits per heavy atom. The van der Waals surface area contributed by atoms with Gasteiger partial charge in [-0.2, -0.15) is 13.2 Å². The average Bonchev–Trinajstić information content (AvgIpc) is 4.12. The number of amides is 5. The van der Waals surface area contributed by atoms with E-state index < -0.39 is 69.9 Å². The molecule has 2 bridgehead atoms. The van der Waals surface area contributed by atoms with Crippen molar-refractivity contribution in [3.63, 3.8) is 0 Å². The van der Waals surface area contributed by atoms with E-state index in [2.05, 4.69) is 51.1 Å². The average molecular weight is 974 g/mol. The summed E-state index contributed by atoms with van der Waals surface area (Å²) in [5.74, 6) is -2.59. The number of hydrogen-bond donors (Lipinski definition) is 3. The van der Waals surface area contributed by atoms with Crippen molar-refractivity contribution in [3.8, 4) is 0 Å². The van der Waals surface area contributed by atoms with Gasteiger partial charge in [-0.15, -0.1) is 0 Å². The van der Waals surface area contributed by atoms with Crippen LogP contribution in [0.2, 0.25) is 5.02 Å². The zero-order valence-corrected chi connectivity index (χ0v) is 39.7. The molecule has 7 atom stereocenters. The first-order chi connectivity index (χ1) is 32.6. The van der Waals surface area contributed by atoms with Crippen molar-refractivity contribution in [3.05, 3.63) is 87.4 Å². The normalized spacial score (nSPS) is 33.0. The summed E-state index contributed by atoms with van der Waals surface area (Å²) in [5, 5.41) is 5.49. The molecule has 1 spiro atoms. The number of carbonyl (C=O) groups excluding carboxylic acids is 5. The van der Waals surface area contributed by atoms with E-state index in [4.69, 9.17) is 17.3 Å². The van der Waals surface area contributed by atoms with E-state index in [1.54, 1.807) is 17.0 Å². The maximum Gasteiger partial charge on any atom is 0.433 e. The number of benzene rings is 2. The van der Waals surface area contributed by atoms with Crippen molar-refractivity contribution in [2.45, 2.75) is 126 Å². The number of hydrogen-bond acceptors (Lipinski definition) is 9. The second kappa shape index (κ2) is 15.9. The fraction of sp³-hybridized carbons (Fsp3) is 0.569. The van der Waals surface area contributed by atoms with E-state index in [1.807, 2.05) is 18.2 Å². The quantitative estimate of drug-likeness (QED) is 0.172. The maximum atomic E-state index is 16.6. The van der Waals surface area contributed by atoms with Crippen LogP contribution < -0.4 is 21.3 Å². The number of imide groups is 1. The van der Waals surface area contributed by atoms with Gasteiger partial charge < -0.3 is 25.8 Å². The Morgan fingerprint density at radius 1 is 0.942 bits per heavy atom. The van der Waals surface area contributed by atoms with Crippen LogP contribution in [0.25, 0.3) is 0 Å². The van der Waals surface area contributed by atoms with Gasteiger partial charge in [0, 0.05) is 115 Å². The molecule has 12 rings (SSSR count). The number of primary amides is 1. The second-order valence-electron chi connectivity index (χ2n) is 22.5. The van der Waals surface area contributed by atoms with E-state index in [0.29, 0.717) is 82.1 Å². The molecule has 5 amide bonds. The molecule has 7 heterocycles. The molecule has 0 radical (unpaired) electrons. The van der Waals surface area contributed by atoms with Crippen LogP contribution in [0.4, 0.5) is 28.9 Å². The highest BCUT2D eigenvalue weighted by atomic mass is 35.5. The van der Waals surface area contributed by atoms with E-state index in [1.165, 1.54) is 12.3 Å². The molecule has 6 aliphatic heterocycles. The number of aromatic nitrogens is 1. The number of nitrogens with two attached hydrogens (primary N) is 1. The Morgan fingerprint density at radius 3 is 2.28 bits per heavy atom. The predicted octanol–water partition coefficient (Wildman–Crippen LogP) is 6.76. The lowest BCUT2D eigenvalue weighted by atomic mass is 9.55. The van der Waals surface area contributed by atoms with Crippen molar-refractivity contribution in [1.29, 1.82) is 0 Å². The Kier molecular flexibility index (Phi) is 10.6. The number of piperidine rings is 1. The third kappa shape index (κ3) is 7.16. The van der Waals surface area contributed by atoms with Gasteiger partial charge in [0.25, 0.3) is 5.91 Å². The van der Waals surface area contributed by atoms with Crippen molar-refractivity contribution in [2.75, 3.05) is 42.9 Å². The van der Waals surface area contributed by atoms with Crippen LogP contribution in [-0.2, 0) is 37.3 Å². The largest absolute Gasteiger partial charge is 0.433 e. The SMILES string of the molecule is CC(C)(C)C[C@@H]1N(C23CCC(C(=O)N4C[C@@H]5CN(c6ccc7c(c6)CN(C6CCC(=O)NC6=O)C7=O)C[C@H]5C4)(CC2)CC3)[C@@H](C(N)=O)[C@H](c2cccc(Cl)c2F)[C@]12CNc1cc(C(F)(F)F)ncc12. The lowest BCUT2D eigenvalue weighted by Gasteiger charge is -2.59. The molecular formula is C51H57ClF4N8O5. The molecule has 7 fully saturated rings. The van der Waals surface area contributed by atoms with Gasteiger partial charge in [-0.05, 0) is 98.2 Å². The second-order valence-corrected chi connectivity index (χ2v) is 23.0. The van der Waals surface area contributed by atoms with Crippen LogP contribution in [0, 0.1) is 28.5 Å². The molecule has 3 aromatic rings. The number of fused-ring (bicyclic) bond motifs is 7. The number of anilines is 2. The minimum absolute atomic E-state index is 0.117. The zero-order chi connectivity index (χ0) is 48.7. The summed E-state index contributed by atoms with van der Waals surface area (Å²) in [6.07, 6.45) is 1.09. The molecular weight excluding hydrogens is 916 g/mol. The molecule has 9 aliphatic rings. The zero-order valence-electron chi connectivity index (χ0n) is 38.9. The van der Waals surface area contributed by atoms with Gasteiger partial charge in [-0.1, -0.05) is 44.5 Å². The van der Waals surface area contributed by atoms with Crippen molar-refractivity contribution in [1.82, 2.24) is 25.0 Å². The Balaban J connectivity index is 0.838. The van der Waals surface area contributed by atoms with Gasteiger partial charge in [-0.25, -0.2) is 4.39 Å². The minimum atomic E-state index is -4.70. The first-order valence-corrected chi connectivity index (χ1v) is 24.7. The van der Waals surface area contributed by atoms with Gasteiger partial charge in [0.05, 0.1) is 11.1 Å². The number of carbonyl (C=O) groups is 5. The van der Waals surface area contributed by atoms with Crippen molar-refractivity contribution >= 4 is 52.5 Å². The Bertz CT molecular complexity index is 2670. The van der Waals surface area contributed by atoms with Gasteiger partial charge >= 0.3 is 6.18 Å². The number of alkyl halides is 3. The van der Waals surface area contributed by atoms with E-state index in [0.717, 1.165) is 30.4 Å². The van der Waals surface area contributed by atoms with Crippen LogP contribution in [0.5, 0.6) is 0 Å². The minimum Gasteiger partial charge on any atom is -0.384 e. The van der Waals surface area contributed by atoms with Crippen LogP contribution in [0.3, 0.4) is 0 Å². The van der Waals surface area contributed by atoms with E-state index >= 15 is 4.39 Å². The fourth-order valence-electron chi connectivity index (χ4n) is 14.5. The number of nitrogens with zero attached hydrogens (tertiary/aromatic N) is 5. The highest BCUT2D eigenvalue weighted by molar-refractivity contribution is 6.30. The van der Waals surface area contributed by atoms with E-state index in [-0.39, 0.29) is 64.2 Å². The molecule has 1 aromatic heterocycles. The van der Waals surface area contributed by atoms with Crippen LogP contribution >= 0.6 is 11.6 Å². The lowest BCUT2D eigenvalue weighted by Crippen LogP contribution is -2.65. The first-order valence-electron chi connectivity index (χ1n) is 24.3. The predicted molar refractivity (Wildman–Crippen MR) is 247 cm³/mol. The smallest absolute Gasteiger partial charge is 0.384 e. The highest BCUT2D eigenvalue weighted by Crippen LogP contribution is 2.66. The third-order valence-corrected chi connectivity index (χ3v) is 17.9. The van der Waals surface area contributed by atoms with Gasteiger partial charge in [-0.3, -0.25) is 39.2 Å².